The molecule has 120 valence electrons. The molecular formula is C13H22N2O4S2. The van der Waals surface area contributed by atoms with Crippen molar-refractivity contribution in [2.24, 2.45) is 0 Å². The van der Waals surface area contributed by atoms with Crippen molar-refractivity contribution in [2.75, 3.05) is 33.9 Å². The van der Waals surface area contributed by atoms with E-state index in [-0.39, 0.29) is 6.54 Å². The average Bonchev–Trinajstić information content (AvgIpc) is 3.06. The van der Waals surface area contributed by atoms with Gasteiger partial charge in [-0.25, -0.2) is 13.1 Å². The molecule has 0 bridgehead atoms. The van der Waals surface area contributed by atoms with Crippen LogP contribution in [0, 0.1) is 6.92 Å². The van der Waals surface area contributed by atoms with Crippen molar-refractivity contribution >= 4 is 21.4 Å². The van der Waals surface area contributed by atoms with E-state index in [4.69, 9.17) is 9.47 Å². The summed E-state index contributed by atoms with van der Waals surface area (Å²) in [6, 6.07) is 1.71. The van der Waals surface area contributed by atoms with Crippen molar-refractivity contribution < 1.29 is 17.9 Å². The Morgan fingerprint density at radius 3 is 2.86 bits per heavy atom. The molecule has 6 nitrogen and oxygen atoms in total. The first-order valence-electron chi connectivity index (χ1n) is 6.79. The smallest absolute Gasteiger partial charge is 0.250 e. The van der Waals surface area contributed by atoms with Gasteiger partial charge < -0.3 is 14.8 Å². The summed E-state index contributed by atoms with van der Waals surface area (Å²) in [6.45, 7) is 3.83. The fourth-order valence-electron chi connectivity index (χ4n) is 2.22. The first-order valence-corrected chi connectivity index (χ1v) is 9.09. The lowest BCUT2D eigenvalue weighted by Crippen LogP contribution is -2.44. The van der Waals surface area contributed by atoms with Crippen LogP contribution in [-0.2, 0) is 26.0 Å². The third-order valence-corrected chi connectivity index (χ3v) is 6.80. The van der Waals surface area contributed by atoms with Crippen LogP contribution in [0.2, 0.25) is 0 Å². The Balaban J connectivity index is 2.09. The zero-order chi connectivity index (χ0) is 15.5. The highest BCUT2D eigenvalue weighted by Crippen LogP contribution is 2.27. The van der Waals surface area contributed by atoms with Gasteiger partial charge in [0.25, 0.3) is 0 Å². The van der Waals surface area contributed by atoms with Gasteiger partial charge in [-0.3, -0.25) is 0 Å². The molecule has 0 spiro atoms. The summed E-state index contributed by atoms with van der Waals surface area (Å²) in [4.78, 5) is 1.03. The number of rotatable bonds is 7. The number of hydrogen-bond donors (Lipinski definition) is 2. The molecule has 0 radical (unpaired) electrons. The molecule has 0 saturated carbocycles. The summed E-state index contributed by atoms with van der Waals surface area (Å²) in [5.41, 5.74) is 0.438. The van der Waals surface area contributed by atoms with Crippen molar-refractivity contribution in [3.8, 4) is 0 Å². The monoisotopic (exact) mass is 334 g/mol. The molecule has 1 aliphatic rings. The summed E-state index contributed by atoms with van der Waals surface area (Å²) in [6.07, 6.45) is 0.695. The molecule has 1 aromatic heterocycles. The standard InChI is InChI=1S/C13H22N2O4S2/c1-10-6-12(20-11(10)7-14-2)21(16,17)15-8-13(18-3)4-5-19-9-13/h6,14-15H,4-5,7-9H2,1-3H3. The van der Waals surface area contributed by atoms with Crippen molar-refractivity contribution in [3.63, 3.8) is 0 Å². The number of hydrogen-bond acceptors (Lipinski definition) is 6. The predicted molar refractivity (Wildman–Crippen MR) is 82.2 cm³/mol. The summed E-state index contributed by atoms with van der Waals surface area (Å²) in [7, 11) is -0.0829. The summed E-state index contributed by atoms with van der Waals surface area (Å²) < 4.78 is 38.5. The average molecular weight is 334 g/mol. The van der Waals surface area contributed by atoms with E-state index in [2.05, 4.69) is 10.0 Å². The zero-order valence-electron chi connectivity index (χ0n) is 12.6. The molecule has 2 N–H and O–H groups in total. The summed E-state index contributed by atoms with van der Waals surface area (Å²) >= 11 is 1.29. The molecule has 0 aliphatic carbocycles. The van der Waals surface area contributed by atoms with E-state index < -0.39 is 15.6 Å². The van der Waals surface area contributed by atoms with Gasteiger partial charge in [0.05, 0.1) is 6.61 Å². The minimum atomic E-state index is -3.51. The van der Waals surface area contributed by atoms with E-state index in [1.165, 1.54) is 11.3 Å². The number of methoxy groups -OCH3 is 1. The van der Waals surface area contributed by atoms with Crippen molar-refractivity contribution in [3.05, 3.63) is 16.5 Å². The molecule has 1 aliphatic heterocycles. The highest BCUT2D eigenvalue weighted by atomic mass is 32.2. The van der Waals surface area contributed by atoms with Gasteiger partial charge >= 0.3 is 0 Å². The number of sulfonamides is 1. The van der Waals surface area contributed by atoms with E-state index in [1.54, 1.807) is 13.2 Å². The van der Waals surface area contributed by atoms with Crippen LogP contribution in [0.15, 0.2) is 10.3 Å². The second-order valence-corrected chi connectivity index (χ2v) is 8.35. The molecule has 1 atom stereocenters. The quantitative estimate of drug-likeness (QED) is 0.773. The van der Waals surface area contributed by atoms with Crippen LogP contribution in [-0.4, -0.2) is 47.9 Å². The molecule has 8 heteroatoms. The van der Waals surface area contributed by atoms with Crippen LogP contribution in [0.3, 0.4) is 0 Å². The zero-order valence-corrected chi connectivity index (χ0v) is 14.2. The fraction of sp³-hybridized carbons (Fsp3) is 0.692. The number of nitrogens with one attached hydrogen (secondary N) is 2. The van der Waals surface area contributed by atoms with Gasteiger partial charge in [-0.15, -0.1) is 11.3 Å². The molecule has 1 unspecified atom stereocenters. The molecule has 0 amide bonds. The van der Waals surface area contributed by atoms with Gasteiger partial charge in [0.1, 0.15) is 9.81 Å². The van der Waals surface area contributed by atoms with Crippen molar-refractivity contribution in [2.45, 2.75) is 29.7 Å². The first-order chi connectivity index (χ1) is 9.92. The van der Waals surface area contributed by atoms with Crippen LogP contribution >= 0.6 is 11.3 Å². The molecular weight excluding hydrogens is 312 g/mol. The lowest BCUT2D eigenvalue weighted by molar-refractivity contribution is -0.0120. The Morgan fingerprint density at radius 2 is 2.29 bits per heavy atom. The SMILES string of the molecule is CNCc1sc(S(=O)(=O)NCC2(OC)CCOC2)cc1C. The first kappa shape index (κ1) is 16.9. The number of thiophene rings is 1. The maximum Gasteiger partial charge on any atom is 0.250 e. The van der Waals surface area contributed by atoms with Crippen molar-refractivity contribution in [1.82, 2.24) is 10.0 Å². The predicted octanol–water partition coefficient (Wildman–Crippen LogP) is 0.860. The fourth-order valence-corrected chi connectivity index (χ4v) is 4.98. The second-order valence-electron chi connectivity index (χ2n) is 5.22. The Labute approximate surface area is 129 Å². The molecule has 1 aromatic rings. The highest BCUT2D eigenvalue weighted by molar-refractivity contribution is 7.91. The normalized spacial score (nSPS) is 22.8. The molecule has 1 saturated heterocycles. The lowest BCUT2D eigenvalue weighted by Gasteiger charge is -2.25. The third-order valence-electron chi connectivity index (χ3n) is 3.68. The van der Waals surface area contributed by atoms with Crippen LogP contribution in [0.1, 0.15) is 16.9 Å². The minimum absolute atomic E-state index is 0.226. The van der Waals surface area contributed by atoms with Crippen LogP contribution in [0.5, 0.6) is 0 Å². The Morgan fingerprint density at radius 1 is 1.52 bits per heavy atom. The maximum absolute atomic E-state index is 12.4. The van der Waals surface area contributed by atoms with E-state index in [0.717, 1.165) is 10.4 Å². The Kier molecular flexibility index (Phi) is 5.39. The van der Waals surface area contributed by atoms with Crippen molar-refractivity contribution in [1.29, 1.82) is 0 Å². The Hall–Kier alpha value is -0.510. The van der Waals surface area contributed by atoms with Crippen LogP contribution in [0.4, 0.5) is 0 Å². The largest absolute Gasteiger partial charge is 0.378 e. The van der Waals surface area contributed by atoms with Gasteiger partial charge in [0.2, 0.25) is 10.0 Å². The van der Waals surface area contributed by atoms with Crippen LogP contribution in [0.25, 0.3) is 0 Å². The third kappa shape index (κ3) is 3.82. The van der Waals surface area contributed by atoms with Gasteiger partial charge in [0, 0.05) is 38.1 Å². The minimum Gasteiger partial charge on any atom is -0.378 e. The molecule has 1 fully saturated rings. The van der Waals surface area contributed by atoms with Gasteiger partial charge in [-0.1, -0.05) is 0 Å². The second kappa shape index (κ2) is 6.72. The molecule has 0 aromatic carbocycles. The summed E-state index contributed by atoms with van der Waals surface area (Å²) in [5, 5.41) is 3.04. The molecule has 21 heavy (non-hydrogen) atoms. The van der Waals surface area contributed by atoms with E-state index in [1.807, 2.05) is 14.0 Å². The lowest BCUT2D eigenvalue weighted by atomic mass is 10.0. The topological polar surface area (TPSA) is 76.7 Å². The number of ether oxygens (including phenoxy) is 2. The molecule has 2 rings (SSSR count). The summed E-state index contributed by atoms with van der Waals surface area (Å²) in [5.74, 6) is 0. The molecule has 2 heterocycles. The highest BCUT2D eigenvalue weighted by Gasteiger charge is 2.36. The maximum atomic E-state index is 12.4. The van der Waals surface area contributed by atoms with Crippen LogP contribution < -0.4 is 10.0 Å². The van der Waals surface area contributed by atoms with E-state index in [0.29, 0.717) is 30.4 Å². The Bertz CT molecular complexity index is 577. The van der Waals surface area contributed by atoms with Gasteiger partial charge in [0.15, 0.2) is 0 Å². The van der Waals surface area contributed by atoms with E-state index in [9.17, 15) is 8.42 Å². The van der Waals surface area contributed by atoms with E-state index >= 15 is 0 Å². The number of aryl methyl sites for hydroxylation is 1. The van der Waals surface area contributed by atoms with Gasteiger partial charge in [-0.2, -0.15) is 0 Å². The van der Waals surface area contributed by atoms with Gasteiger partial charge in [-0.05, 0) is 25.6 Å².